The van der Waals surface area contributed by atoms with E-state index in [9.17, 15) is 19.5 Å². The normalized spacial score (nSPS) is 16.8. The molecule has 1 unspecified atom stereocenters. The van der Waals surface area contributed by atoms with Crippen molar-refractivity contribution < 1.29 is 29.3 Å². The minimum absolute atomic E-state index is 0.0116. The molecule has 1 saturated heterocycles. The predicted molar refractivity (Wildman–Crippen MR) is 136 cm³/mol. The Bertz CT molecular complexity index is 1330. The van der Waals surface area contributed by atoms with Crippen LogP contribution in [0.5, 0.6) is 5.75 Å². The Hall–Kier alpha value is -4.39. The number of nitrogens with zero attached hydrogens (tertiary/aromatic N) is 1. The van der Waals surface area contributed by atoms with Gasteiger partial charge in [0, 0.05) is 11.3 Å². The Balaban J connectivity index is 1.81. The van der Waals surface area contributed by atoms with Gasteiger partial charge in [-0.05, 0) is 60.4 Å². The molecule has 184 valence electrons. The number of rotatable bonds is 8. The summed E-state index contributed by atoms with van der Waals surface area (Å²) in [5, 5.41) is 20.4. The molecule has 2 N–H and O–H groups in total. The largest absolute Gasteiger partial charge is 0.507 e. The molecule has 7 heteroatoms. The van der Waals surface area contributed by atoms with Crippen LogP contribution in [0.2, 0.25) is 0 Å². The molecule has 0 saturated carbocycles. The fourth-order valence-electron chi connectivity index (χ4n) is 4.32. The summed E-state index contributed by atoms with van der Waals surface area (Å²) < 4.78 is 5.72. The summed E-state index contributed by atoms with van der Waals surface area (Å²) in [7, 11) is 0. The van der Waals surface area contributed by atoms with Crippen LogP contribution in [0.4, 0.5) is 5.69 Å². The van der Waals surface area contributed by atoms with Crippen LogP contribution in [-0.4, -0.2) is 34.5 Å². The van der Waals surface area contributed by atoms with Crippen molar-refractivity contribution in [2.45, 2.75) is 32.7 Å². The first kappa shape index (κ1) is 24.7. The molecule has 1 amide bonds. The van der Waals surface area contributed by atoms with Gasteiger partial charge in [0.15, 0.2) is 0 Å². The number of carbonyl (C=O) groups excluding carboxylic acids is 2. The monoisotopic (exact) mass is 485 g/mol. The van der Waals surface area contributed by atoms with E-state index in [0.29, 0.717) is 34.7 Å². The van der Waals surface area contributed by atoms with Crippen LogP contribution in [0.15, 0.2) is 78.4 Å². The number of amides is 1. The summed E-state index contributed by atoms with van der Waals surface area (Å²) in [6, 6.07) is 19.8. The van der Waals surface area contributed by atoms with E-state index in [1.807, 2.05) is 19.9 Å². The van der Waals surface area contributed by atoms with Crippen molar-refractivity contribution in [1.29, 1.82) is 0 Å². The second-order valence-corrected chi connectivity index (χ2v) is 8.65. The third-order valence-electron chi connectivity index (χ3n) is 6.04. The third kappa shape index (κ3) is 4.86. The van der Waals surface area contributed by atoms with Gasteiger partial charge in [-0.3, -0.25) is 19.3 Å². The Morgan fingerprint density at radius 3 is 2.28 bits per heavy atom. The zero-order valence-corrected chi connectivity index (χ0v) is 20.1. The van der Waals surface area contributed by atoms with Crippen molar-refractivity contribution in [2.75, 3.05) is 11.5 Å². The molecular weight excluding hydrogens is 458 g/mol. The number of aliphatic carboxylic acids is 1. The number of ketones is 1. The highest BCUT2D eigenvalue weighted by atomic mass is 16.5. The SMILES string of the molecule is CCCOc1ccc(/C(O)=C2/C(=O)C(=O)N(c3ccc(CC(=O)O)cc3)C2c2ccccc2)cc1C. The molecule has 1 fully saturated rings. The number of benzene rings is 3. The summed E-state index contributed by atoms with van der Waals surface area (Å²) in [5.74, 6) is -2.10. The second-order valence-electron chi connectivity index (χ2n) is 8.65. The molecule has 3 aromatic rings. The molecule has 0 aliphatic carbocycles. The molecule has 0 radical (unpaired) electrons. The fraction of sp³-hybridized carbons (Fsp3) is 0.207. The van der Waals surface area contributed by atoms with Crippen LogP contribution in [0.1, 0.15) is 41.6 Å². The molecular formula is C29H27NO6. The number of hydrogen-bond acceptors (Lipinski definition) is 5. The van der Waals surface area contributed by atoms with Crippen molar-refractivity contribution in [3.8, 4) is 5.75 Å². The van der Waals surface area contributed by atoms with Crippen molar-refractivity contribution >= 4 is 29.1 Å². The Morgan fingerprint density at radius 2 is 1.67 bits per heavy atom. The maximum atomic E-state index is 13.3. The highest BCUT2D eigenvalue weighted by molar-refractivity contribution is 6.51. The molecule has 0 spiro atoms. The summed E-state index contributed by atoms with van der Waals surface area (Å²) in [5.41, 5.74) is 2.85. The van der Waals surface area contributed by atoms with Gasteiger partial charge < -0.3 is 14.9 Å². The van der Waals surface area contributed by atoms with Crippen LogP contribution in [0, 0.1) is 6.92 Å². The van der Waals surface area contributed by atoms with E-state index in [2.05, 4.69) is 0 Å². The molecule has 1 atom stereocenters. The molecule has 0 aromatic heterocycles. The number of ether oxygens (including phenoxy) is 1. The van der Waals surface area contributed by atoms with Crippen molar-refractivity contribution in [1.82, 2.24) is 0 Å². The van der Waals surface area contributed by atoms with Gasteiger partial charge in [-0.1, -0.05) is 49.4 Å². The molecule has 36 heavy (non-hydrogen) atoms. The van der Waals surface area contributed by atoms with Gasteiger partial charge in [-0.25, -0.2) is 0 Å². The summed E-state index contributed by atoms with van der Waals surface area (Å²) in [6.45, 7) is 4.43. The van der Waals surface area contributed by atoms with Crippen LogP contribution in [0.25, 0.3) is 5.76 Å². The maximum absolute atomic E-state index is 13.3. The van der Waals surface area contributed by atoms with Crippen LogP contribution >= 0.6 is 0 Å². The molecule has 1 heterocycles. The van der Waals surface area contributed by atoms with Gasteiger partial charge in [0.25, 0.3) is 11.7 Å². The van der Waals surface area contributed by atoms with Crippen molar-refractivity contribution in [3.63, 3.8) is 0 Å². The van der Waals surface area contributed by atoms with Gasteiger partial charge in [0.05, 0.1) is 24.6 Å². The lowest BCUT2D eigenvalue weighted by Gasteiger charge is -2.25. The number of anilines is 1. The topological polar surface area (TPSA) is 104 Å². The van der Waals surface area contributed by atoms with Crippen LogP contribution < -0.4 is 9.64 Å². The zero-order chi connectivity index (χ0) is 25.8. The second kappa shape index (κ2) is 10.5. The summed E-state index contributed by atoms with van der Waals surface area (Å²) >= 11 is 0. The molecule has 1 aliphatic rings. The highest BCUT2D eigenvalue weighted by Gasteiger charge is 2.46. The minimum atomic E-state index is -0.964. The maximum Gasteiger partial charge on any atom is 0.307 e. The van der Waals surface area contributed by atoms with E-state index in [0.717, 1.165) is 12.0 Å². The van der Waals surface area contributed by atoms with Gasteiger partial charge in [-0.15, -0.1) is 0 Å². The number of carboxylic acid groups (broad SMARTS) is 1. The first-order chi connectivity index (χ1) is 17.3. The average molecular weight is 486 g/mol. The summed E-state index contributed by atoms with van der Waals surface area (Å²) in [4.78, 5) is 38.9. The lowest BCUT2D eigenvalue weighted by atomic mass is 9.94. The lowest BCUT2D eigenvalue weighted by Crippen LogP contribution is -2.29. The number of hydrogen-bond donors (Lipinski definition) is 2. The van der Waals surface area contributed by atoms with E-state index in [-0.39, 0.29) is 17.8 Å². The van der Waals surface area contributed by atoms with E-state index in [1.54, 1.807) is 66.7 Å². The molecule has 1 aliphatic heterocycles. The summed E-state index contributed by atoms with van der Waals surface area (Å²) in [6.07, 6.45) is 0.706. The van der Waals surface area contributed by atoms with Gasteiger partial charge in [0.1, 0.15) is 11.5 Å². The first-order valence-electron chi connectivity index (χ1n) is 11.7. The Labute approximate surface area is 209 Å². The van der Waals surface area contributed by atoms with E-state index >= 15 is 0 Å². The minimum Gasteiger partial charge on any atom is -0.507 e. The number of aliphatic hydroxyl groups is 1. The lowest BCUT2D eigenvalue weighted by molar-refractivity contribution is -0.136. The number of carbonyl (C=O) groups is 3. The zero-order valence-electron chi connectivity index (χ0n) is 20.1. The molecule has 3 aromatic carbocycles. The number of Topliss-reactive ketones (excluding diaryl/α,β-unsaturated/α-hetero) is 1. The average Bonchev–Trinajstić information content (AvgIpc) is 3.14. The molecule has 0 bridgehead atoms. The van der Waals surface area contributed by atoms with Crippen molar-refractivity contribution in [2.24, 2.45) is 0 Å². The number of carboxylic acids is 1. The Morgan fingerprint density at radius 1 is 0.972 bits per heavy atom. The van der Waals surface area contributed by atoms with Gasteiger partial charge >= 0.3 is 5.97 Å². The number of aryl methyl sites for hydroxylation is 1. The van der Waals surface area contributed by atoms with E-state index in [1.165, 1.54) is 4.90 Å². The first-order valence-corrected chi connectivity index (χ1v) is 11.7. The Kier molecular flexibility index (Phi) is 7.20. The number of aliphatic hydroxyl groups excluding tert-OH is 1. The van der Waals surface area contributed by atoms with E-state index in [4.69, 9.17) is 9.84 Å². The molecule has 4 rings (SSSR count). The van der Waals surface area contributed by atoms with Gasteiger partial charge in [-0.2, -0.15) is 0 Å². The fourth-order valence-corrected chi connectivity index (χ4v) is 4.32. The van der Waals surface area contributed by atoms with Crippen LogP contribution in [-0.2, 0) is 20.8 Å². The quantitative estimate of drug-likeness (QED) is 0.263. The van der Waals surface area contributed by atoms with E-state index < -0.39 is 23.7 Å². The van der Waals surface area contributed by atoms with Crippen molar-refractivity contribution in [3.05, 3.63) is 101 Å². The molecule has 7 nitrogen and oxygen atoms in total. The highest BCUT2D eigenvalue weighted by Crippen LogP contribution is 2.42. The van der Waals surface area contributed by atoms with Gasteiger partial charge in [0.2, 0.25) is 0 Å². The predicted octanol–water partition coefficient (Wildman–Crippen LogP) is 5.04. The standard InChI is InChI=1S/C29H27NO6/c1-3-15-36-23-14-11-21(16-18(23)2)27(33)25-26(20-7-5-4-6-8-20)30(29(35)28(25)34)22-12-9-19(10-13-22)17-24(31)32/h4-14,16,26,33H,3,15,17H2,1-2H3,(H,31,32)/b27-25-. The smallest absolute Gasteiger partial charge is 0.307 e. The third-order valence-corrected chi connectivity index (χ3v) is 6.04. The van der Waals surface area contributed by atoms with Crippen LogP contribution in [0.3, 0.4) is 0 Å².